The molecule has 9 nitrogen and oxygen atoms in total. The number of nitrogens with one attached hydrogen (secondary N) is 1. The van der Waals surface area contributed by atoms with Crippen molar-refractivity contribution < 1.29 is 19.2 Å². The largest absolute Gasteiger partial charge is 0.342 e. The molecular formula is C22H35N5O4. The van der Waals surface area contributed by atoms with Gasteiger partial charge in [0.15, 0.2) is 0 Å². The predicted octanol–water partition coefficient (Wildman–Crippen LogP) is 0.788. The minimum Gasteiger partial charge on any atom is -0.342 e. The number of carbonyl (C=O) groups excluding carboxylic acids is 4. The maximum Gasteiger partial charge on any atom is 0.325 e. The average Bonchev–Trinajstić information content (AvgIpc) is 3.35. The number of piperidine rings is 1. The van der Waals surface area contributed by atoms with Gasteiger partial charge in [-0.3, -0.25) is 24.2 Å². The van der Waals surface area contributed by atoms with Crippen molar-refractivity contribution in [3.8, 4) is 0 Å². The first-order chi connectivity index (χ1) is 15.0. The molecule has 0 radical (unpaired) electrons. The Balaban J connectivity index is 1.15. The quantitative estimate of drug-likeness (QED) is 0.625. The lowest BCUT2D eigenvalue weighted by molar-refractivity contribution is -0.136. The number of piperazine rings is 1. The molecule has 4 aliphatic rings. The normalized spacial score (nSPS) is 24.2. The van der Waals surface area contributed by atoms with Crippen LogP contribution in [0, 0.1) is 0 Å². The number of carbonyl (C=O) groups is 4. The number of urea groups is 1. The third-order valence-corrected chi connectivity index (χ3v) is 7.27. The van der Waals surface area contributed by atoms with E-state index in [9.17, 15) is 19.2 Å². The molecule has 1 N–H and O–H groups in total. The van der Waals surface area contributed by atoms with Crippen LogP contribution >= 0.6 is 0 Å². The molecular weight excluding hydrogens is 398 g/mol. The highest BCUT2D eigenvalue weighted by Gasteiger charge is 2.52. The van der Waals surface area contributed by atoms with Gasteiger partial charge < -0.3 is 15.1 Å². The highest BCUT2D eigenvalue weighted by Crippen LogP contribution is 2.35. The Morgan fingerprint density at radius 3 is 2.13 bits per heavy atom. The average molecular weight is 434 g/mol. The van der Waals surface area contributed by atoms with Gasteiger partial charge in [0.05, 0.1) is 6.54 Å². The smallest absolute Gasteiger partial charge is 0.325 e. The molecule has 0 aromatic rings. The summed E-state index contributed by atoms with van der Waals surface area (Å²) in [7, 11) is 0. The molecule has 4 rings (SSSR count). The lowest BCUT2D eigenvalue weighted by Crippen LogP contribution is -2.52. The Bertz CT molecular complexity index is 707. The first kappa shape index (κ1) is 22.0. The van der Waals surface area contributed by atoms with E-state index in [1.807, 2.05) is 9.80 Å². The third kappa shape index (κ3) is 4.86. The minimum atomic E-state index is -0.678. The van der Waals surface area contributed by atoms with Crippen LogP contribution < -0.4 is 5.32 Å². The molecule has 0 unspecified atom stereocenters. The lowest BCUT2D eigenvalue weighted by Gasteiger charge is -2.36. The first-order valence-corrected chi connectivity index (χ1v) is 11.9. The van der Waals surface area contributed by atoms with Crippen LogP contribution in [0.5, 0.6) is 0 Å². The van der Waals surface area contributed by atoms with E-state index in [2.05, 4.69) is 10.2 Å². The fourth-order valence-electron chi connectivity index (χ4n) is 5.33. The molecule has 4 fully saturated rings. The second-order valence-electron chi connectivity index (χ2n) is 9.38. The molecule has 9 heteroatoms. The van der Waals surface area contributed by atoms with Gasteiger partial charge in [-0.15, -0.1) is 0 Å². The zero-order valence-electron chi connectivity index (χ0n) is 18.4. The Morgan fingerprint density at radius 2 is 1.45 bits per heavy atom. The third-order valence-electron chi connectivity index (χ3n) is 7.27. The Morgan fingerprint density at radius 1 is 0.806 bits per heavy atom. The fraction of sp³-hybridized carbons (Fsp3) is 0.818. The number of rotatable bonds is 6. The van der Waals surface area contributed by atoms with Gasteiger partial charge in [-0.1, -0.05) is 12.8 Å². The van der Waals surface area contributed by atoms with Gasteiger partial charge in [-0.25, -0.2) is 4.79 Å². The molecule has 3 aliphatic heterocycles. The van der Waals surface area contributed by atoms with E-state index in [-0.39, 0.29) is 23.8 Å². The summed E-state index contributed by atoms with van der Waals surface area (Å²) in [6.07, 6.45) is 7.59. The van der Waals surface area contributed by atoms with Gasteiger partial charge >= 0.3 is 6.03 Å². The molecule has 31 heavy (non-hydrogen) atoms. The summed E-state index contributed by atoms with van der Waals surface area (Å²) < 4.78 is 0. The molecule has 0 aromatic heterocycles. The van der Waals surface area contributed by atoms with Crippen LogP contribution in [0.4, 0.5) is 4.79 Å². The number of hydrogen-bond donors (Lipinski definition) is 1. The second-order valence-corrected chi connectivity index (χ2v) is 9.38. The van der Waals surface area contributed by atoms with Crippen molar-refractivity contribution in [1.29, 1.82) is 0 Å². The summed E-state index contributed by atoms with van der Waals surface area (Å²) in [5.74, 6) is 0.146. The number of likely N-dealkylation sites (tertiary alicyclic amines) is 1. The van der Waals surface area contributed by atoms with Gasteiger partial charge in [-0.05, 0) is 38.5 Å². The van der Waals surface area contributed by atoms with Crippen LogP contribution in [0.2, 0.25) is 0 Å². The van der Waals surface area contributed by atoms with Crippen LogP contribution in [0.25, 0.3) is 0 Å². The van der Waals surface area contributed by atoms with Crippen LogP contribution in [-0.4, -0.2) is 101 Å². The summed E-state index contributed by atoms with van der Waals surface area (Å²) >= 11 is 0. The highest BCUT2D eigenvalue weighted by atomic mass is 16.2. The predicted molar refractivity (Wildman–Crippen MR) is 114 cm³/mol. The zero-order chi connectivity index (χ0) is 21.8. The Labute approximate surface area is 184 Å². The van der Waals surface area contributed by atoms with Gasteiger partial charge in [0, 0.05) is 52.2 Å². The van der Waals surface area contributed by atoms with E-state index in [1.54, 1.807) is 0 Å². The molecule has 0 bridgehead atoms. The second kappa shape index (κ2) is 9.54. The summed E-state index contributed by atoms with van der Waals surface area (Å²) in [6.45, 7) is 5.14. The van der Waals surface area contributed by atoms with Crippen molar-refractivity contribution in [1.82, 2.24) is 24.9 Å². The van der Waals surface area contributed by atoms with Crippen molar-refractivity contribution in [3.63, 3.8) is 0 Å². The molecule has 0 atom stereocenters. The van der Waals surface area contributed by atoms with E-state index in [1.165, 1.54) is 11.3 Å². The van der Waals surface area contributed by atoms with E-state index in [0.717, 1.165) is 51.6 Å². The van der Waals surface area contributed by atoms with E-state index in [0.29, 0.717) is 52.1 Å². The molecule has 0 aromatic carbocycles. The maximum absolute atomic E-state index is 12.7. The van der Waals surface area contributed by atoms with E-state index in [4.69, 9.17) is 0 Å². The molecule has 1 aliphatic carbocycles. The summed E-state index contributed by atoms with van der Waals surface area (Å²) in [5, 5.41) is 2.88. The molecule has 1 spiro atoms. The van der Waals surface area contributed by atoms with Crippen molar-refractivity contribution in [2.24, 2.45) is 0 Å². The van der Waals surface area contributed by atoms with Crippen molar-refractivity contribution in [2.45, 2.75) is 63.3 Å². The number of hydrogen-bond acceptors (Lipinski definition) is 5. The van der Waals surface area contributed by atoms with Gasteiger partial charge in [-0.2, -0.15) is 0 Å². The Hall–Kier alpha value is -2.16. The van der Waals surface area contributed by atoms with Crippen molar-refractivity contribution in [3.05, 3.63) is 0 Å². The molecule has 172 valence electrons. The number of amides is 5. The minimum absolute atomic E-state index is 0.0599. The van der Waals surface area contributed by atoms with Crippen LogP contribution in [0.3, 0.4) is 0 Å². The molecule has 3 saturated heterocycles. The first-order valence-electron chi connectivity index (χ1n) is 11.9. The lowest BCUT2D eigenvalue weighted by atomic mass is 9.98. The van der Waals surface area contributed by atoms with Crippen LogP contribution in [-0.2, 0) is 14.4 Å². The Kier molecular flexibility index (Phi) is 6.79. The fourth-order valence-corrected chi connectivity index (χ4v) is 5.33. The van der Waals surface area contributed by atoms with Crippen LogP contribution in [0.1, 0.15) is 57.8 Å². The van der Waals surface area contributed by atoms with Gasteiger partial charge in [0.25, 0.3) is 5.91 Å². The van der Waals surface area contributed by atoms with Crippen molar-refractivity contribution in [2.75, 3.05) is 52.4 Å². The molecule has 3 heterocycles. The van der Waals surface area contributed by atoms with Crippen LogP contribution in [0.15, 0.2) is 0 Å². The summed E-state index contributed by atoms with van der Waals surface area (Å²) in [4.78, 5) is 57.1. The topological polar surface area (TPSA) is 93.3 Å². The number of imide groups is 1. The molecule has 1 saturated carbocycles. The van der Waals surface area contributed by atoms with Gasteiger partial charge in [0.1, 0.15) is 5.54 Å². The van der Waals surface area contributed by atoms with Crippen molar-refractivity contribution >= 4 is 23.8 Å². The SMILES string of the molecule is O=C(CCCN1C(=O)NC2(CCCC2)C1=O)N1CCN(CC(=O)N2CCCCC2)CC1. The van der Waals surface area contributed by atoms with Gasteiger partial charge in [0.2, 0.25) is 11.8 Å². The highest BCUT2D eigenvalue weighted by molar-refractivity contribution is 6.07. The van der Waals surface area contributed by atoms with E-state index >= 15 is 0 Å². The standard InChI is InChI=1S/C22H35N5O4/c28-18(7-6-12-27-20(30)22(23-21(27)31)8-2-3-9-22)26-15-13-24(14-16-26)17-19(29)25-10-4-1-5-11-25/h1-17H2,(H,23,31). The number of nitrogens with zero attached hydrogens (tertiary/aromatic N) is 4. The monoisotopic (exact) mass is 433 g/mol. The maximum atomic E-state index is 12.7. The summed E-state index contributed by atoms with van der Waals surface area (Å²) in [6, 6.07) is -0.314. The zero-order valence-corrected chi connectivity index (χ0v) is 18.4. The summed E-state index contributed by atoms with van der Waals surface area (Å²) in [5.41, 5.74) is -0.678. The van der Waals surface area contributed by atoms with E-state index < -0.39 is 5.54 Å². The molecule has 5 amide bonds.